The second-order valence-electron chi connectivity index (χ2n) is 4.14. The minimum atomic E-state index is 0.0739. The number of carbonyl (C=O) groups is 1. The lowest BCUT2D eigenvalue weighted by Crippen LogP contribution is -3.12. The summed E-state index contributed by atoms with van der Waals surface area (Å²) in [5, 5.41) is 0. The molecule has 0 amide bonds. The molecule has 0 fully saturated rings. The number of nitrogens with one attached hydrogen (secondary N) is 1. The van der Waals surface area contributed by atoms with Crippen molar-refractivity contribution < 1.29 is 14.4 Å². The van der Waals surface area contributed by atoms with Crippen molar-refractivity contribution in [3.8, 4) is 5.75 Å². The maximum absolute atomic E-state index is 11.2. The van der Waals surface area contributed by atoms with Crippen LogP contribution in [0.2, 0.25) is 0 Å². The normalized spacial score (nSPS) is 10.6. The number of carbonyl (C=O) groups excluding carboxylic acids is 1. The van der Waals surface area contributed by atoms with Gasteiger partial charge in [0.05, 0.1) is 13.1 Å². The highest BCUT2D eigenvalue weighted by Gasteiger charge is 2.04. The summed E-state index contributed by atoms with van der Waals surface area (Å²) >= 11 is 0. The molecule has 0 aromatic heterocycles. The second kappa shape index (κ2) is 7.07. The summed E-state index contributed by atoms with van der Waals surface area (Å²) in [4.78, 5) is 12.7. The van der Waals surface area contributed by atoms with E-state index in [-0.39, 0.29) is 5.78 Å². The van der Waals surface area contributed by atoms with E-state index >= 15 is 0 Å². The predicted octanol–water partition coefficient (Wildman–Crippen LogP) is 1.19. The van der Waals surface area contributed by atoms with Crippen LogP contribution in [0.25, 0.3) is 0 Å². The number of benzene rings is 1. The first-order chi connectivity index (χ1) is 8.17. The highest BCUT2D eigenvalue weighted by atomic mass is 16.5. The molecular formula is C14H22NO2+. The van der Waals surface area contributed by atoms with E-state index in [1.165, 1.54) is 4.90 Å². The topological polar surface area (TPSA) is 30.7 Å². The number of quaternary nitrogens is 1. The van der Waals surface area contributed by atoms with Crippen LogP contribution in [0.3, 0.4) is 0 Å². The molecule has 1 N–H and O–H groups in total. The molecule has 1 aromatic carbocycles. The molecule has 0 atom stereocenters. The van der Waals surface area contributed by atoms with Gasteiger partial charge in [-0.2, -0.15) is 0 Å². The molecule has 1 aromatic rings. The summed E-state index contributed by atoms with van der Waals surface area (Å²) in [7, 11) is 0. The third kappa shape index (κ3) is 4.57. The first-order valence-corrected chi connectivity index (χ1v) is 6.24. The quantitative estimate of drug-likeness (QED) is 0.721. The van der Waals surface area contributed by atoms with Gasteiger partial charge in [-0.25, -0.2) is 0 Å². The number of rotatable bonds is 7. The molecule has 0 spiro atoms. The molecule has 0 aliphatic rings. The number of Topliss-reactive ketones (excluding diaryl/α,β-unsaturated/α-hetero) is 1. The van der Waals surface area contributed by atoms with Gasteiger partial charge >= 0.3 is 0 Å². The lowest BCUT2D eigenvalue weighted by molar-refractivity contribution is -0.896. The number of ether oxygens (including phenoxy) is 1. The predicted molar refractivity (Wildman–Crippen MR) is 68.9 cm³/mol. The molecule has 0 radical (unpaired) electrons. The van der Waals surface area contributed by atoms with Crippen LogP contribution in [0.1, 0.15) is 31.1 Å². The summed E-state index contributed by atoms with van der Waals surface area (Å²) in [5.41, 5.74) is 0.706. The lowest BCUT2D eigenvalue weighted by Gasteiger charge is -2.15. The van der Waals surface area contributed by atoms with Crippen molar-refractivity contribution in [2.45, 2.75) is 20.8 Å². The van der Waals surface area contributed by atoms with Gasteiger partial charge in [0, 0.05) is 5.56 Å². The SMILES string of the molecule is CC[NH+](CC)CCOc1cccc(C(C)=O)c1. The molecule has 0 aliphatic heterocycles. The number of likely N-dealkylation sites (N-methyl/N-ethyl adjacent to an activating group) is 1. The molecule has 0 bridgehead atoms. The Morgan fingerprint density at radius 1 is 1.29 bits per heavy atom. The summed E-state index contributed by atoms with van der Waals surface area (Å²) < 4.78 is 5.66. The minimum absolute atomic E-state index is 0.0739. The zero-order valence-corrected chi connectivity index (χ0v) is 11.0. The van der Waals surface area contributed by atoms with Crippen LogP contribution < -0.4 is 9.64 Å². The number of ketones is 1. The van der Waals surface area contributed by atoms with E-state index in [4.69, 9.17) is 4.74 Å². The summed E-state index contributed by atoms with van der Waals surface area (Å²) in [6.07, 6.45) is 0. The zero-order chi connectivity index (χ0) is 12.7. The Balaban J connectivity index is 2.46. The van der Waals surface area contributed by atoms with E-state index in [1.54, 1.807) is 13.0 Å². The molecule has 3 nitrogen and oxygen atoms in total. The maximum atomic E-state index is 11.2. The smallest absolute Gasteiger partial charge is 0.159 e. The molecule has 0 heterocycles. The zero-order valence-electron chi connectivity index (χ0n) is 11.0. The number of hydrogen-bond donors (Lipinski definition) is 1. The molecule has 0 aliphatic carbocycles. The Bertz CT molecular complexity index is 359. The molecule has 1 rings (SSSR count). The molecule has 3 heteroatoms. The average Bonchev–Trinajstić information content (AvgIpc) is 2.35. The van der Waals surface area contributed by atoms with E-state index < -0.39 is 0 Å². The fraction of sp³-hybridized carbons (Fsp3) is 0.500. The third-order valence-corrected chi connectivity index (χ3v) is 2.96. The second-order valence-corrected chi connectivity index (χ2v) is 4.14. The van der Waals surface area contributed by atoms with Crippen molar-refractivity contribution in [2.24, 2.45) is 0 Å². The number of hydrogen-bond acceptors (Lipinski definition) is 2. The van der Waals surface area contributed by atoms with E-state index in [2.05, 4.69) is 13.8 Å². The fourth-order valence-electron chi connectivity index (χ4n) is 1.72. The lowest BCUT2D eigenvalue weighted by atomic mass is 10.1. The maximum Gasteiger partial charge on any atom is 0.159 e. The van der Waals surface area contributed by atoms with Crippen LogP contribution in [0.15, 0.2) is 24.3 Å². The van der Waals surface area contributed by atoms with Gasteiger partial charge in [-0.1, -0.05) is 12.1 Å². The van der Waals surface area contributed by atoms with Gasteiger partial charge in [-0.15, -0.1) is 0 Å². The van der Waals surface area contributed by atoms with Crippen molar-refractivity contribution in [3.63, 3.8) is 0 Å². The largest absolute Gasteiger partial charge is 0.488 e. The van der Waals surface area contributed by atoms with E-state index in [9.17, 15) is 4.79 Å². The van der Waals surface area contributed by atoms with Crippen LogP contribution in [0.5, 0.6) is 5.75 Å². The van der Waals surface area contributed by atoms with Gasteiger partial charge in [0.15, 0.2) is 5.78 Å². The Hall–Kier alpha value is -1.35. The first kappa shape index (κ1) is 13.7. The summed E-state index contributed by atoms with van der Waals surface area (Å²) in [6.45, 7) is 9.85. The summed E-state index contributed by atoms with van der Waals surface area (Å²) in [5.74, 6) is 0.856. The van der Waals surface area contributed by atoms with Crippen LogP contribution in [0, 0.1) is 0 Å². The molecule has 0 saturated heterocycles. The van der Waals surface area contributed by atoms with Crippen LogP contribution in [-0.4, -0.2) is 32.0 Å². The molecule has 0 unspecified atom stereocenters. The van der Waals surface area contributed by atoms with Gasteiger partial charge in [0.2, 0.25) is 0 Å². The van der Waals surface area contributed by atoms with Crippen molar-refractivity contribution in [1.29, 1.82) is 0 Å². The first-order valence-electron chi connectivity index (χ1n) is 6.24. The van der Waals surface area contributed by atoms with Crippen LogP contribution in [0.4, 0.5) is 0 Å². The molecule has 0 saturated carbocycles. The van der Waals surface area contributed by atoms with Crippen molar-refractivity contribution in [2.75, 3.05) is 26.2 Å². The highest BCUT2D eigenvalue weighted by molar-refractivity contribution is 5.94. The Morgan fingerprint density at radius 3 is 2.59 bits per heavy atom. The monoisotopic (exact) mass is 236 g/mol. The Labute approximate surface area is 103 Å². The Morgan fingerprint density at radius 2 is 2.00 bits per heavy atom. The average molecular weight is 236 g/mol. The van der Waals surface area contributed by atoms with Crippen molar-refractivity contribution >= 4 is 5.78 Å². The fourth-order valence-corrected chi connectivity index (χ4v) is 1.72. The standard InChI is InChI=1S/C14H21NO2/c1-4-15(5-2)9-10-17-14-8-6-7-13(11-14)12(3)16/h6-8,11H,4-5,9-10H2,1-3H3/p+1. The van der Waals surface area contributed by atoms with Gasteiger partial charge in [-0.05, 0) is 32.9 Å². The van der Waals surface area contributed by atoms with Crippen molar-refractivity contribution in [1.82, 2.24) is 0 Å². The van der Waals surface area contributed by atoms with Gasteiger partial charge < -0.3 is 9.64 Å². The van der Waals surface area contributed by atoms with E-state index in [0.717, 1.165) is 25.4 Å². The highest BCUT2D eigenvalue weighted by Crippen LogP contribution is 2.13. The van der Waals surface area contributed by atoms with Gasteiger partial charge in [0.25, 0.3) is 0 Å². The van der Waals surface area contributed by atoms with Crippen molar-refractivity contribution in [3.05, 3.63) is 29.8 Å². The molecule has 17 heavy (non-hydrogen) atoms. The Kier molecular flexibility index (Phi) is 5.70. The molecule has 94 valence electrons. The van der Waals surface area contributed by atoms with Crippen LogP contribution >= 0.6 is 0 Å². The van der Waals surface area contributed by atoms with E-state index in [1.807, 2.05) is 18.2 Å². The van der Waals surface area contributed by atoms with E-state index in [0.29, 0.717) is 12.2 Å². The molecular weight excluding hydrogens is 214 g/mol. The summed E-state index contributed by atoms with van der Waals surface area (Å²) in [6, 6.07) is 7.37. The van der Waals surface area contributed by atoms with Gasteiger partial charge in [-0.3, -0.25) is 4.79 Å². The van der Waals surface area contributed by atoms with Crippen LogP contribution in [-0.2, 0) is 0 Å². The third-order valence-electron chi connectivity index (χ3n) is 2.96. The van der Waals surface area contributed by atoms with Gasteiger partial charge in [0.1, 0.15) is 18.9 Å². The minimum Gasteiger partial charge on any atom is -0.488 e.